The minimum absolute atomic E-state index is 0. The minimum atomic E-state index is -0.629. The van der Waals surface area contributed by atoms with Crippen molar-refractivity contribution in [3.8, 4) is 22.8 Å². The van der Waals surface area contributed by atoms with E-state index in [0.29, 0.717) is 34.0 Å². The average Bonchev–Trinajstić information content (AvgIpc) is 2.78. The number of halogens is 3. The van der Waals surface area contributed by atoms with E-state index >= 15 is 0 Å². The van der Waals surface area contributed by atoms with Crippen LogP contribution in [0, 0.1) is 24.5 Å². The molecule has 4 nitrogen and oxygen atoms in total. The Morgan fingerprint density at radius 3 is 2.48 bits per heavy atom. The topological polar surface area (TPSA) is 47.0 Å². The standard InChI is InChI=1S/C26H20F3N3O.H2/c1-16-23(17(2)32-15-18-10-20(27)13-21(28)11-18)4-3-5-25(16)33-22-7-9-30-24(14-22)19-6-8-31-26(29)12-19;/h3-14,32H,2,15H2,1H3;1H. The predicted molar refractivity (Wildman–Crippen MR) is 123 cm³/mol. The molecule has 0 atom stereocenters. The Kier molecular flexibility index (Phi) is 6.40. The van der Waals surface area contributed by atoms with Gasteiger partial charge in [-0.25, -0.2) is 13.8 Å². The van der Waals surface area contributed by atoms with Crippen LogP contribution in [0.3, 0.4) is 0 Å². The third kappa shape index (κ3) is 5.38. The van der Waals surface area contributed by atoms with Crippen molar-refractivity contribution in [3.05, 3.63) is 114 Å². The lowest BCUT2D eigenvalue weighted by Gasteiger charge is -2.16. The highest BCUT2D eigenvalue weighted by Gasteiger charge is 2.11. The first-order valence-electron chi connectivity index (χ1n) is 10.1. The third-order valence-electron chi connectivity index (χ3n) is 5.02. The highest BCUT2D eigenvalue weighted by molar-refractivity contribution is 5.67. The lowest BCUT2D eigenvalue weighted by molar-refractivity contribution is 0.478. The maximum Gasteiger partial charge on any atom is 0.213 e. The van der Waals surface area contributed by atoms with E-state index in [1.165, 1.54) is 24.4 Å². The summed E-state index contributed by atoms with van der Waals surface area (Å²) >= 11 is 0. The third-order valence-corrected chi connectivity index (χ3v) is 5.02. The smallest absolute Gasteiger partial charge is 0.213 e. The minimum Gasteiger partial charge on any atom is -0.457 e. The second-order valence-corrected chi connectivity index (χ2v) is 7.38. The first-order valence-corrected chi connectivity index (χ1v) is 10.1. The van der Waals surface area contributed by atoms with Gasteiger partial charge in [-0.3, -0.25) is 4.98 Å². The van der Waals surface area contributed by atoms with Crippen LogP contribution in [-0.4, -0.2) is 9.97 Å². The van der Waals surface area contributed by atoms with Crippen LogP contribution < -0.4 is 10.1 Å². The van der Waals surface area contributed by atoms with E-state index in [1.807, 2.05) is 25.1 Å². The van der Waals surface area contributed by atoms with Gasteiger partial charge < -0.3 is 10.1 Å². The van der Waals surface area contributed by atoms with Gasteiger partial charge in [0.1, 0.15) is 23.1 Å². The fourth-order valence-corrected chi connectivity index (χ4v) is 3.39. The summed E-state index contributed by atoms with van der Waals surface area (Å²) in [4.78, 5) is 7.83. The van der Waals surface area contributed by atoms with Crippen LogP contribution in [0.15, 0.2) is 79.6 Å². The zero-order chi connectivity index (χ0) is 23.4. The number of nitrogens with one attached hydrogen (secondary N) is 1. The number of ether oxygens (including phenoxy) is 1. The summed E-state index contributed by atoms with van der Waals surface area (Å²) < 4.78 is 46.4. The molecule has 4 rings (SSSR count). The molecule has 33 heavy (non-hydrogen) atoms. The Morgan fingerprint density at radius 1 is 0.970 bits per heavy atom. The number of pyridine rings is 2. The number of aromatic nitrogens is 2. The maximum atomic E-state index is 13.5. The van der Waals surface area contributed by atoms with Crippen molar-refractivity contribution in [1.82, 2.24) is 15.3 Å². The van der Waals surface area contributed by atoms with Gasteiger partial charge in [-0.2, -0.15) is 4.39 Å². The zero-order valence-electron chi connectivity index (χ0n) is 17.8. The van der Waals surface area contributed by atoms with Gasteiger partial charge in [0.05, 0.1) is 5.69 Å². The van der Waals surface area contributed by atoms with E-state index in [-0.39, 0.29) is 7.97 Å². The number of benzene rings is 2. The van der Waals surface area contributed by atoms with Gasteiger partial charge in [-0.1, -0.05) is 18.7 Å². The van der Waals surface area contributed by atoms with Gasteiger partial charge in [0, 0.05) is 61.0 Å². The van der Waals surface area contributed by atoms with Crippen LogP contribution in [0.5, 0.6) is 11.5 Å². The molecule has 0 amide bonds. The SMILES string of the molecule is C=C(NCc1cc(F)cc(F)c1)c1cccc(Oc2ccnc(-c3ccnc(F)c3)c2)c1C.[HH]. The molecule has 0 saturated carbocycles. The molecule has 0 spiro atoms. The molecule has 2 heterocycles. The summed E-state index contributed by atoms with van der Waals surface area (Å²) in [6.45, 7) is 6.16. The first kappa shape index (κ1) is 22.1. The molecule has 0 saturated heterocycles. The lowest BCUT2D eigenvalue weighted by Crippen LogP contribution is -2.12. The zero-order valence-corrected chi connectivity index (χ0v) is 17.8. The number of nitrogens with zero attached hydrogens (tertiary/aromatic N) is 2. The second kappa shape index (κ2) is 9.56. The Balaban J connectivity index is 0.00000324. The van der Waals surface area contributed by atoms with Gasteiger partial charge in [-0.05, 0) is 42.8 Å². The summed E-state index contributed by atoms with van der Waals surface area (Å²) in [6, 6.07) is 15.3. The largest absolute Gasteiger partial charge is 0.457 e. The van der Waals surface area contributed by atoms with Crippen molar-refractivity contribution >= 4 is 5.70 Å². The van der Waals surface area contributed by atoms with Crippen molar-refractivity contribution in [2.75, 3.05) is 0 Å². The monoisotopic (exact) mass is 449 g/mol. The number of hydrogen-bond donors (Lipinski definition) is 1. The molecular formula is C26H22F3N3O. The lowest BCUT2D eigenvalue weighted by atomic mass is 10.0. The quantitative estimate of drug-likeness (QED) is 0.320. The summed E-state index contributed by atoms with van der Waals surface area (Å²) in [5.41, 5.74) is 3.82. The summed E-state index contributed by atoms with van der Waals surface area (Å²) in [5.74, 6) is -0.710. The van der Waals surface area contributed by atoms with Gasteiger partial charge in [-0.15, -0.1) is 0 Å². The molecule has 0 aliphatic carbocycles. The first-order chi connectivity index (χ1) is 15.9. The van der Waals surface area contributed by atoms with E-state index in [4.69, 9.17) is 4.74 Å². The number of hydrogen-bond acceptors (Lipinski definition) is 4. The van der Waals surface area contributed by atoms with E-state index in [0.717, 1.165) is 17.2 Å². The number of rotatable bonds is 7. The molecule has 168 valence electrons. The molecule has 0 unspecified atom stereocenters. The van der Waals surface area contributed by atoms with Crippen LogP contribution >= 0.6 is 0 Å². The summed E-state index contributed by atoms with van der Waals surface area (Å²) in [7, 11) is 0. The molecule has 0 aliphatic heterocycles. The average molecular weight is 449 g/mol. The molecule has 0 bridgehead atoms. The molecule has 2 aromatic heterocycles. The van der Waals surface area contributed by atoms with E-state index in [2.05, 4.69) is 21.9 Å². The van der Waals surface area contributed by atoms with Crippen molar-refractivity contribution in [2.24, 2.45) is 0 Å². The molecular weight excluding hydrogens is 427 g/mol. The van der Waals surface area contributed by atoms with Crippen molar-refractivity contribution in [2.45, 2.75) is 13.5 Å². The van der Waals surface area contributed by atoms with Crippen LogP contribution in [-0.2, 0) is 6.54 Å². The van der Waals surface area contributed by atoms with Gasteiger partial charge in [0.15, 0.2) is 0 Å². The second-order valence-electron chi connectivity index (χ2n) is 7.38. The predicted octanol–water partition coefficient (Wildman–Crippen LogP) is 6.67. The Hall–Kier alpha value is -4.13. The fraction of sp³-hybridized carbons (Fsp3) is 0.0769. The van der Waals surface area contributed by atoms with Gasteiger partial charge in [0.25, 0.3) is 0 Å². The molecule has 0 aliphatic rings. The van der Waals surface area contributed by atoms with E-state index in [1.54, 1.807) is 24.4 Å². The summed E-state index contributed by atoms with van der Waals surface area (Å²) in [5, 5.41) is 3.10. The van der Waals surface area contributed by atoms with Crippen LogP contribution in [0.25, 0.3) is 17.0 Å². The van der Waals surface area contributed by atoms with Crippen LogP contribution in [0.1, 0.15) is 18.1 Å². The fourth-order valence-electron chi connectivity index (χ4n) is 3.39. The Morgan fingerprint density at radius 2 is 1.73 bits per heavy atom. The molecule has 2 aromatic carbocycles. The molecule has 1 N–H and O–H groups in total. The Labute approximate surface area is 190 Å². The normalized spacial score (nSPS) is 10.7. The molecule has 0 fully saturated rings. The van der Waals surface area contributed by atoms with Gasteiger partial charge >= 0.3 is 0 Å². The van der Waals surface area contributed by atoms with E-state index < -0.39 is 17.6 Å². The highest BCUT2D eigenvalue weighted by Crippen LogP contribution is 2.31. The highest BCUT2D eigenvalue weighted by atomic mass is 19.1. The Bertz CT molecular complexity index is 1310. The van der Waals surface area contributed by atoms with Crippen LogP contribution in [0.2, 0.25) is 0 Å². The van der Waals surface area contributed by atoms with Crippen LogP contribution in [0.4, 0.5) is 13.2 Å². The maximum absolute atomic E-state index is 13.5. The molecule has 0 radical (unpaired) electrons. The van der Waals surface area contributed by atoms with Crippen molar-refractivity contribution < 1.29 is 19.3 Å². The van der Waals surface area contributed by atoms with Crippen molar-refractivity contribution in [3.63, 3.8) is 0 Å². The van der Waals surface area contributed by atoms with Gasteiger partial charge in [0.2, 0.25) is 5.95 Å². The molecule has 7 heteroatoms. The van der Waals surface area contributed by atoms with Crippen molar-refractivity contribution in [1.29, 1.82) is 0 Å². The molecule has 4 aromatic rings. The van der Waals surface area contributed by atoms with E-state index in [9.17, 15) is 13.2 Å². The summed E-state index contributed by atoms with van der Waals surface area (Å²) in [6.07, 6.45) is 2.96.